The second-order valence-corrected chi connectivity index (χ2v) is 12.1. The van der Waals surface area contributed by atoms with Crippen LogP contribution in [0.25, 0.3) is 56.2 Å². The van der Waals surface area contributed by atoms with Crippen LogP contribution < -0.4 is 0 Å². The molecular weight excluding hydrogens is 607 g/mol. The maximum atomic E-state index is 5.16. The second kappa shape index (κ2) is 14.2. The van der Waals surface area contributed by atoms with Crippen molar-refractivity contribution in [3.05, 3.63) is 223 Å². The summed E-state index contributed by atoms with van der Waals surface area (Å²) in [6, 6.07) is 65.6. The molecule has 0 aliphatic rings. The van der Waals surface area contributed by atoms with Crippen molar-refractivity contribution in [2.45, 2.75) is 0 Å². The first-order valence-electron chi connectivity index (χ1n) is 16.8. The minimum absolute atomic E-state index is 0.688. The molecule has 0 aliphatic carbocycles. The van der Waals surface area contributed by atoms with Gasteiger partial charge in [0.2, 0.25) is 0 Å². The fourth-order valence-electron chi connectivity index (χ4n) is 6.39. The molecule has 0 saturated heterocycles. The van der Waals surface area contributed by atoms with E-state index in [1.807, 2.05) is 30.5 Å². The molecule has 2 heterocycles. The zero-order chi connectivity index (χ0) is 33.5. The minimum atomic E-state index is 0.688. The van der Waals surface area contributed by atoms with Gasteiger partial charge in [-0.3, -0.25) is 4.98 Å². The lowest BCUT2D eigenvalue weighted by Crippen LogP contribution is -1.99. The molecule has 0 fully saturated rings. The molecule has 6 aromatic carbocycles. The smallest absolute Gasteiger partial charge is 0.160 e. The van der Waals surface area contributed by atoms with E-state index >= 15 is 0 Å². The summed E-state index contributed by atoms with van der Waals surface area (Å²) in [5.74, 6) is 0.688. The Morgan fingerprint density at radius 2 is 0.780 bits per heavy atom. The Kier molecular flexibility index (Phi) is 8.69. The van der Waals surface area contributed by atoms with Crippen LogP contribution in [0.3, 0.4) is 0 Å². The summed E-state index contributed by atoms with van der Waals surface area (Å²) in [7, 11) is 0. The van der Waals surface area contributed by atoms with Crippen LogP contribution in [0.5, 0.6) is 0 Å². The van der Waals surface area contributed by atoms with E-state index in [2.05, 4.69) is 169 Å². The molecule has 3 nitrogen and oxygen atoms in total. The molecule has 0 radical (unpaired) electrons. The highest BCUT2D eigenvalue weighted by Crippen LogP contribution is 2.38. The first-order valence-corrected chi connectivity index (χ1v) is 16.8. The Bertz CT molecular complexity index is 2330. The highest BCUT2D eigenvalue weighted by molar-refractivity contribution is 6.05. The normalized spacial score (nSPS) is 10.8. The molecule has 0 bridgehead atoms. The summed E-state index contributed by atoms with van der Waals surface area (Å²) < 4.78 is 0. The van der Waals surface area contributed by atoms with Gasteiger partial charge in [0.1, 0.15) is 0 Å². The van der Waals surface area contributed by atoms with Gasteiger partial charge in [-0.1, -0.05) is 170 Å². The van der Waals surface area contributed by atoms with E-state index in [1.165, 1.54) is 5.57 Å². The molecule has 0 aliphatic heterocycles. The van der Waals surface area contributed by atoms with Crippen LogP contribution in [0.15, 0.2) is 200 Å². The number of aromatic nitrogens is 3. The number of rotatable bonds is 8. The monoisotopic (exact) mass is 639 g/mol. The van der Waals surface area contributed by atoms with Crippen LogP contribution in [-0.4, -0.2) is 15.0 Å². The lowest BCUT2D eigenvalue weighted by Gasteiger charge is -2.19. The van der Waals surface area contributed by atoms with Crippen molar-refractivity contribution in [3.63, 3.8) is 0 Å². The Balaban J connectivity index is 1.31. The fraction of sp³-hybridized carbons (Fsp3) is 0. The predicted octanol–water partition coefficient (Wildman–Crippen LogP) is 11.5. The van der Waals surface area contributed by atoms with Gasteiger partial charge >= 0.3 is 0 Å². The third-order valence-electron chi connectivity index (χ3n) is 8.82. The van der Waals surface area contributed by atoms with Gasteiger partial charge < -0.3 is 0 Å². The van der Waals surface area contributed by atoms with Crippen LogP contribution in [0, 0.1) is 0 Å². The molecule has 8 rings (SSSR count). The quantitative estimate of drug-likeness (QED) is 0.155. The molecule has 236 valence electrons. The maximum absolute atomic E-state index is 5.16. The molecule has 50 heavy (non-hydrogen) atoms. The Labute approximate surface area is 293 Å². The first-order chi connectivity index (χ1) is 24.8. The first kappa shape index (κ1) is 30.6. The number of nitrogens with zero attached hydrogens (tertiary/aromatic N) is 3. The summed E-state index contributed by atoms with van der Waals surface area (Å²) in [4.78, 5) is 14.5. The molecule has 0 unspecified atom stereocenters. The highest BCUT2D eigenvalue weighted by atomic mass is 14.9. The lowest BCUT2D eigenvalue weighted by atomic mass is 9.85. The Hall–Kier alpha value is -6.71. The molecule has 3 heteroatoms. The summed E-state index contributed by atoms with van der Waals surface area (Å²) in [5, 5.41) is 0. The SMILES string of the molecule is c1ccc(C(=C(c2ccccc2)c2cccc(-c3cc(-c4ccc(-c5cccnc5)cc4)nc(-c4ccccc4)n3)c2)c2ccccc2)cc1. The summed E-state index contributed by atoms with van der Waals surface area (Å²) >= 11 is 0. The molecule has 0 atom stereocenters. The van der Waals surface area contributed by atoms with Crippen LogP contribution in [-0.2, 0) is 0 Å². The standard InChI is InChI=1S/C47H33N3/c1-5-15-36(16-6-1)45(37-17-7-2-8-18-37)46(38-19-9-3-10-20-38)41-24-13-23-40(31-41)44-32-43(49-47(50-44)39-21-11-4-12-22-39)35-28-26-34(27-29-35)42-25-14-30-48-33-42/h1-33H. The van der Waals surface area contributed by atoms with E-state index in [0.717, 1.165) is 67.0 Å². The molecular formula is C47H33N3. The molecule has 8 aromatic rings. The zero-order valence-electron chi connectivity index (χ0n) is 27.4. The van der Waals surface area contributed by atoms with Crippen molar-refractivity contribution in [3.8, 4) is 45.0 Å². The number of hydrogen-bond donors (Lipinski definition) is 0. The fourth-order valence-corrected chi connectivity index (χ4v) is 6.39. The molecule has 0 spiro atoms. The van der Waals surface area contributed by atoms with Crippen LogP contribution >= 0.6 is 0 Å². The van der Waals surface area contributed by atoms with E-state index in [1.54, 1.807) is 6.20 Å². The van der Waals surface area contributed by atoms with Crippen molar-refractivity contribution >= 4 is 11.1 Å². The van der Waals surface area contributed by atoms with Gasteiger partial charge in [0.05, 0.1) is 11.4 Å². The lowest BCUT2D eigenvalue weighted by molar-refractivity contribution is 1.18. The van der Waals surface area contributed by atoms with Gasteiger partial charge in [0, 0.05) is 29.1 Å². The number of pyridine rings is 1. The average Bonchev–Trinajstić information content (AvgIpc) is 3.21. The van der Waals surface area contributed by atoms with E-state index in [9.17, 15) is 0 Å². The van der Waals surface area contributed by atoms with Crippen molar-refractivity contribution in [1.82, 2.24) is 15.0 Å². The Morgan fingerprint density at radius 3 is 1.34 bits per heavy atom. The minimum Gasteiger partial charge on any atom is -0.264 e. The van der Waals surface area contributed by atoms with Crippen LogP contribution in [0.4, 0.5) is 0 Å². The second-order valence-electron chi connectivity index (χ2n) is 12.1. The van der Waals surface area contributed by atoms with E-state index in [-0.39, 0.29) is 0 Å². The van der Waals surface area contributed by atoms with Crippen molar-refractivity contribution in [1.29, 1.82) is 0 Å². The van der Waals surface area contributed by atoms with Crippen molar-refractivity contribution in [2.75, 3.05) is 0 Å². The predicted molar refractivity (Wildman–Crippen MR) is 206 cm³/mol. The molecule has 0 saturated carbocycles. The summed E-state index contributed by atoms with van der Waals surface area (Å²) in [6.07, 6.45) is 3.68. The number of hydrogen-bond acceptors (Lipinski definition) is 3. The molecule has 2 aromatic heterocycles. The summed E-state index contributed by atoms with van der Waals surface area (Å²) in [5.41, 5.74) is 13.8. The van der Waals surface area contributed by atoms with Gasteiger partial charge in [0.15, 0.2) is 5.82 Å². The third kappa shape index (κ3) is 6.53. The van der Waals surface area contributed by atoms with Gasteiger partial charge in [-0.15, -0.1) is 0 Å². The van der Waals surface area contributed by atoms with E-state index in [0.29, 0.717) is 5.82 Å². The molecule has 0 amide bonds. The Morgan fingerprint density at radius 1 is 0.320 bits per heavy atom. The van der Waals surface area contributed by atoms with Crippen molar-refractivity contribution < 1.29 is 0 Å². The molecule has 0 N–H and O–H groups in total. The zero-order valence-corrected chi connectivity index (χ0v) is 27.4. The number of benzene rings is 6. The van der Waals surface area contributed by atoms with Gasteiger partial charge in [0.25, 0.3) is 0 Å². The van der Waals surface area contributed by atoms with Crippen molar-refractivity contribution in [2.24, 2.45) is 0 Å². The van der Waals surface area contributed by atoms with Gasteiger partial charge in [-0.25, -0.2) is 9.97 Å². The topological polar surface area (TPSA) is 38.7 Å². The highest BCUT2D eigenvalue weighted by Gasteiger charge is 2.18. The third-order valence-corrected chi connectivity index (χ3v) is 8.82. The van der Waals surface area contributed by atoms with Gasteiger partial charge in [-0.2, -0.15) is 0 Å². The largest absolute Gasteiger partial charge is 0.264 e. The van der Waals surface area contributed by atoms with E-state index in [4.69, 9.17) is 9.97 Å². The van der Waals surface area contributed by atoms with Crippen LogP contribution in [0.1, 0.15) is 22.3 Å². The maximum Gasteiger partial charge on any atom is 0.160 e. The van der Waals surface area contributed by atoms with Gasteiger partial charge in [-0.05, 0) is 62.7 Å². The van der Waals surface area contributed by atoms with Crippen LogP contribution in [0.2, 0.25) is 0 Å². The summed E-state index contributed by atoms with van der Waals surface area (Å²) in [6.45, 7) is 0. The average molecular weight is 640 g/mol. The van der Waals surface area contributed by atoms with E-state index < -0.39 is 0 Å².